The lowest BCUT2D eigenvalue weighted by Gasteiger charge is -2.27. The van der Waals surface area contributed by atoms with Crippen LogP contribution in [0.3, 0.4) is 0 Å². The zero-order valence-electron chi connectivity index (χ0n) is 11.0. The predicted octanol–water partition coefficient (Wildman–Crippen LogP) is 0.971. The van der Waals surface area contributed by atoms with Gasteiger partial charge in [-0.15, -0.1) is 11.8 Å². The first-order valence-corrected chi connectivity index (χ1v) is 7.62. The molecule has 2 N–H and O–H groups in total. The molecule has 2 rings (SSSR count). The molecular formula is C12H20N2O4S. The van der Waals surface area contributed by atoms with Gasteiger partial charge in [-0.05, 0) is 25.7 Å². The Morgan fingerprint density at radius 1 is 1.42 bits per heavy atom. The molecule has 0 radical (unpaired) electrons. The van der Waals surface area contributed by atoms with Crippen LogP contribution in [0.1, 0.15) is 19.8 Å². The van der Waals surface area contributed by atoms with E-state index in [2.05, 4.69) is 5.32 Å². The summed E-state index contributed by atoms with van der Waals surface area (Å²) in [4.78, 5) is 24.7. The Morgan fingerprint density at radius 2 is 2.11 bits per heavy atom. The van der Waals surface area contributed by atoms with E-state index in [9.17, 15) is 9.59 Å². The van der Waals surface area contributed by atoms with Crippen molar-refractivity contribution in [2.45, 2.75) is 31.2 Å². The molecule has 2 atom stereocenters. The number of nitrogens with zero attached hydrogens (tertiary/aromatic N) is 1. The number of hydrogen-bond donors (Lipinski definition) is 2. The fourth-order valence-electron chi connectivity index (χ4n) is 2.41. The van der Waals surface area contributed by atoms with Gasteiger partial charge in [0.2, 0.25) is 0 Å². The van der Waals surface area contributed by atoms with Crippen molar-refractivity contribution >= 4 is 23.8 Å². The van der Waals surface area contributed by atoms with Crippen molar-refractivity contribution in [1.29, 1.82) is 0 Å². The number of carboxylic acids is 1. The number of nitrogens with one attached hydrogen (secondary N) is 1. The zero-order valence-corrected chi connectivity index (χ0v) is 11.8. The monoisotopic (exact) mass is 288 g/mol. The van der Waals surface area contributed by atoms with Gasteiger partial charge in [-0.3, -0.25) is 4.90 Å². The number of carboxylic acid groups (broad SMARTS) is 1. The number of ether oxygens (including phenoxy) is 1. The molecular weight excluding hydrogens is 268 g/mol. The highest BCUT2D eigenvalue weighted by Crippen LogP contribution is 2.28. The molecule has 2 unspecified atom stereocenters. The molecule has 0 aliphatic carbocycles. The summed E-state index contributed by atoms with van der Waals surface area (Å²) >= 11 is 1.50. The molecule has 19 heavy (non-hydrogen) atoms. The van der Waals surface area contributed by atoms with Gasteiger partial charge in [0.1, 0.15) is 6.04 Å². The van der Waals surface area contributed by atoms with Gasteiger partial charge in [-0.25, -0.2) is 9.59 Å². The van der Waals surface area contributed by atoms with Crippen LogP contribution in [-0.4, -0.2) is 58.9 Å². The van der Waals surface area contributed by atoms with Crippen molar-refractivity contribution in [2.75, 3.05) is 25.5 Å². The molecule has 0 spiro atoms. The number of carbonyl (C=O) groups is 2. The Balaban J connectivity index is 1.85. The third kappa shape index (κ3) is 3.54. The van der Waals surface area contributed by atoms with E-state index in [1.165, 1.54) is 16.7 Å². The Bertz CT molecular complexity index is 347. The molecule has 6 nitrogen and oxygen atoms in total. The van der Waals surface area contributed by atoms with Crippen LogP contribution in [-0.2, 0) is 9.53 Å². The van der Waals surface area contributed by atoms with E-state index in [4.69, 9.17) is 9.84 Å². The lowest BCUT2D eigenvalue weighted by molar-refractivity contribution is -0.141. The first kappa shape index (κ1) is 14.5. The summed E-state index contributed by atoms with van der Waals surface area (Å²) in [6.45, 7) is 3.95. The quantitative estimate of drug-likeness (QED) is 0.809. The van der Waals surface area contributed by atoms with Crippen LogP contribution in [0.15, 0.2) is 0 Å². The van der Waals surface area contributed by atoms with Gasteiger partial charge >= 0.3 is 12.0 Å². The SMILES string of the molecule is CC1SCC(C(=O)O)N1C(=O)NCC1CCOCC1. The Hall–Kier alpha value is -0.950. The zero-order chi connectivity index (χ0) is 13.8. The van der Waals surface area contributed by atoms with Crippen molar-refractivity contribution in [2.24, 2.45) is 5.92 Å². The number of hydrogen-bond acceptors (Lipinski definition) is 4. The van der Waals surface area contributed by atoms with E-state index in [1.807, 2.05) is 6.92 Å². The summed E-state index contributed by atoms with van der Waals surface area (Å²) in [6.07, 6.45) is 1.90. The van der Waals surface area contributed by atoms with Crippen LogP contribution in [0, 0.1) is 5.92 Å². The minimum absolute atomic E-state index is 0.0872. The lowest BCUT2D eigenvalue weighted by atomic mass is 10.0. The second-order valence-corrected chi connectivity index (χ2v) is 6.28. The number of carbonyl (C=O) groups excluding carboxylic acids is 1. The van der Waals surface area contributed by atoms with Crippen molar-refractivity contribution in [3.8, 4) is 0 Å². The maximum Gasteiger partial charge on any atom is 0.327 e. The first-order chi connectivity index (χ1) is 9.09. The molecule has 0 aromatic rings. The van der Waals surface area contributed by atoms with Crippen molar-refractivity contribution in [3.63, 3.8) is 0 Å². The molecule has 2 aliphatic heterocycles. The molecule has 2 aliphatic rings. The molecule has 2 saturated heterocycles. The van der Waals surface area contributed by atoms with Gasteiger partial charge in [-0.1, -0.05) is 0 Å². The number of aliphatic carboxylic acids is 1. The van der Waals surface area contributed by atoms with Gasteiger partial charge in [0.25, 0.3) is 0 Å². The van der Waals surface area contributed by atoms with Gasteiger partial charge < -0.3 is 15.2 Å². The van der Waals surface area contributed by atoms with Gasteiger partial charge in [-0.2, -0.15) is 0 Å². The summed E-state index contributed by atoms with van der Waals surface area (Å²) in [5.41, 5.74) is 0. The van der Waals surface area contributed by atoms with Gasteiger partial charge in [0.05, 0.1) is 5.37 Å². The van der Waals surface area contributed by atoms with Crippen LogP contribution in [0.25, 0.3) is 0 Å². The normalized spacial score (nSPS) is 28.4. The summed E-state index contributed by atoms with van der Waals surface area (Å²) in [6, 6.07) is -0.980. The third-order valence-corrected chi connectivity index (χ3v) is 4.84. The summed E-state index contributed by atoms with van der Waals surface area (Å²) in [5.74, 6) is -0.0362. The highest BCUT2D eigenvalue weighted by molar-refractivity contribution is 8.00. The second kappa shape index (κ2) is 6.47. The van der Waals surface area contributed by atoms with Gasteiger partial charge in [0.15, 0.2) is 0 Å². The van der Waals surface area contributed by atoms with E-state index in [-0.39, 0.29) is 11.4 Å². The highest BCUT2D eigenvalue weighted by Gasteiger charge is 2.39. The fraction of sp³-hybridized carbons (Fsp3) is 0.833. The maximum absolute atomic E-state index is 12.1. The number of amides is 2. The Morgan fingerprint density at radius 3 is 2.74 bits per heavy atom. The van der Waals surface area contributed by atoms with Crippen LogP contribution in [0.4, 0.5) is 4.79 Å². The highest BCUT2D eigenvalue weighted by atomic mass is 32.2. The summed E-state index contributed by atoms with van der Waals surface area (Å²) in [5, 5.41) is 11.9. The number of rotatable bonds is 3. The number of thioether (sulfide) groups is 1. The molecule has 0 bridgehead atoms. The van der Waals surface area contributed by atoms with E-state index in [0.717, 1.165) is 26.1 Å². The molecule has 0 aromatic heterocycles. The first-order valence-electron chi connectivity index (χ1n) is 6.58. The molecule has 0 aromatic carbocycles. The molecule has 2 fully saturated rings. The molecule has 108 valence electrons. The Kier molecular flexibility index (Phi) is 4.93. The topological polar surface area (TPSA) is 78.9 Å². The maximum atomic E-state index is 12.1. The predicted molar refractivity (Wildman–Crippen MR) is 72.1 cm³/mol. The molecule has 2 amide bonds. The molecule has 0 saturated carbocycles. The molecule has 2 heterocycles. The minimum atomic E-state index is -0.932. The standard InChI is InChI=1S/C12H20N2O4S/c1-8-14(10(7-19-8)11(15)16)12(17)13-6-9-2-4-18-5-3-9/h8-10H,2-7H2,1H3,(H,13,17)(H,15,16). The van der Waals surface area contributed by atoms with E-state index in [0.29, 0.717) is 18.2 Å². The van der Waals surface area contributed by atoms with Crippen LogP contribution in [0.5, 0.6) is 0 Å². The Labute approximate surface area is 116 Å². The van der Waals surface area contributed by atoms with Crippen molar-refractivity contribution in [1.82, 2.24) is 10.2 Å². The van der Waals surface area contributed by atoms with E-state index in [1.54, 1.807) is 0 Å². The van der Waals surface area contributed by atoms with Crippen LogP contribution < -0.4 is 5.32 Å². The largest absolute Gasteiger partial charge is 0.480 e. The van der Waals surface area contributed by atoms with Crippen molar-refractivity contribution < 1.29 is 19.4 Å². The lowest BCUT2D eigenvalue weighted by Crippen LogP contribution is -2.50. The average molecular weight is 288 g/mol. The average Bonchev–Trinajstić information content (AvgIpc) is 2.79. The van der Waals surface area contributed by atoms with Gasteiger partial charge in [0, 0.05) is 25.5 Å². The van der Waals surface area contributed by atoms with E-state index < -0.39 is 12.0 Å². The fourth-order valence-corrected chi connectivity index (χ4v) is 3.58. The second-order valence-electron chi connectivity index (χ2n) is 4.94. The van der Waals surface area contributed by atoms with Crippen LogP contribution >= 0.6 is 11.8 Å². The summed E-state index contributed by atoms with van der Waals surface area (Å²) < 4.78 is 5.27. The third-order valence-electron chi connectivity index (χ3n) is 3.63. The van der Waals surface area contributed by atoms with E-state index >= 15 is 0 Å². The summed E-state index contributed by atoms with van der Waals surface area (Å²) in [7, 11) is 0. The number of urea groups is 1. The van der Waals surface area contributed by atoms with Crippen molar-refractivity contribution in [3.05, 3.63) is 0 Å². The smallest absolute Gasteiger partial charge is 0.327 e. The minimum Gasteiger partial charge on any atom is -0.480 e. The van der Waals surface area contributed by atoms with Crippen LogP contribution in [0.2, 0.25) is 0 Å². The molecule has 7 heteroatoms.